The van der Waals surface area contributed by atoms with E-state index in [-0.39, 0.29) is 13.0 Å². The van der Waals surface area contributed by atoms with Crippen LogP contribution in [0.15, 0.2) is 6.33 Å². The molecule has 0 aliphatic rings. The van der Waals surface area contributed by atoms with E-state index in [0.29, 0.717) is 17.2 Å². The molecule has 0 saturated heterocycles. The van der Waals surface area contributed by atoms with Crippen molar-refractivity contribution >= 4 is 11.6 Å². The van der Waals surface area contributed by atoms with Crippen molar-refractivity contribution in [1.29, 1.82) is 0 Å². The van der Waals surface area contributed by atoms with Gasteiger partial charge in [-0.15, -0.1) is 0 Å². The van der Waals surface area contributed by atoms with Gasteiger partial charge in [-0.05, 0) is 6.92 Å². The minimum absolute atomic E-state index is 0.176. The highest BCUT2D eigenvalue weighted by Crippen LogP contribution is 2.14. The number of nitrogens with one attached hydrogen (secondary N) is 1. The minimum atomic E-state index is -2.30. The highest BCUT2D eigenvalue weighted by Gasteiger charge is 2.05. The molecular formula is C8H12F2N4. The first-order valence-electron chi connectivity index (χ1n) is 4.20. The molecule has 1 rings (SSSR count). The zero-order chi connectivity index (χ0) is 10.6. The molecule has 78 valence electrons. The molecule has 1 aromatic heterocycles. The summed E-state index contributed by atoms with van der Waals surface area (Å²) in [5.41, 5.74) is 6.20. The van der Waals surface area contributed by atoms with E-state index in [9.17, 15) is 8.78 Å². The van der Waals surface area contributed by atoms with Crippen LogP contribution in [0.4, 0.5) is 20.4 Å². The Morgan fingerprint density at radius 1 is 1.50 bits per heavy atom. The molecule has 6 heteroatoms. The van der Waals surface area contributed by atoms with E-state index in [4.69, 9.17) is 5.73 Å². The van der Waals surface area contributed by atoms with Crippen molar-refractivity contribution in [3.63, 3.8) is 0 Å². The van der Waals surface area contributed by atoms with Crippen LogP contribution in [0.5, 0.6) is 0 Å². The maximum Gasteiger partial charge on any atom is 0.240 e. The molecule has 14 heavy (non-hydrogen) atoms. The maximum atomic E-state index is 11.8. The van der Waals surface area contributed by atoms with Gasteiger partial charge in [0.1, 0.15) is 18.0 Å². The van der Waals surface area contributed by atoms with Gasteiger partial charge in [0.15, 0.2) is 0 Å². The molecule has 0 aliphatic heterocycles. The Labute approximate surface area is 80.6 Å². The number of nitrogen functional groups attached to an aromatic ring is 1. The second-order valence-corrected chi connectivity index (χ2v) is 2.84. The zero-order valence-electron chi connectivity index (χ0n) is 7.80. The molecule has 0 aromatic carbocycles. The van der Waals surface area contributed by atoms with Crippen LogP contribution in [0, 0.1) is 6.92 Å². The summed E-state index contributed by atoms with van der Waals surface area (Å²) in [6.07, 6.45) is -1.21. The van der Waals surface area contributed by atoms with Gasteiger partial charge in [0.25, 0.3) is 0 Å². The zero-order valence-corrected chi connectivity index (χ0v) is 7.80. The molecular weight excluding hydrogens is 190 g/mol. The Hall–Kier alpha value is -1.46. The van der Waals surface area contributed by atoms with Crippen LogP contribution in [-0.4, -0.2) is 22.9 Å². The van der Waals surface area contributed by atoms with E-state index in [0.717, 1.165) is 0 Å². The maximum absolute atomic E-state index is 11.8. The average molecular weight is 202 g/mol. The van der Waals surface area contributed by atoms with E-state index in [1.165, 1.54) is 6.33 Å². The summed E-state index contributed by atoms with van der Waals surface area (Å²) >= 11 is 0. The first kappa shape index (κ1) is 10.6. The standard InChI is InChI=1S/C8H12F2N4/c1-5-7(11)13-4-14-8(5)12-3-2-6(9)10/h4,6H,2-3H2,1H3,(H3,11,12,13,14). The van der Waals surface area contributed by atoms with Gasteiger partial charge in [0.2, 0.25) is 6.43 Å². The molecule has 0 bridgehead atoms. The smallest absolute Gasteiger partial charge is 0.240 e. The second-order valence-electron chi connectivity index (χ2n) is 2.84. The number of halogens is 2. The Kier molecular flexibility index (Phi) is 3.55. The Balaban J connectivity index is 2.54. The lowest BCUT2D eigenvalue weighted by atomic mass is 10.3. The van der Waals surface area contributed by atoms with E-state index in [1.54, 1.807) is 6.92 Å². The molecule has 0 aliphatic carbocycles. The summed E-state index contributed by atoms with van der Waals surface area (Å²) in [7, 11) is 0. The van der Waals surface area contributed by atoms with Crippen molar-refractivity contribution in [2.75, 3.05) is 17.6 Å². The molecule has 0 radical (unpaired) electrons. The van der Waals surface area contributed by atoms with E-state index in [2.05, 4.69) is 15.3 Å². The largest absolute Gasteiger partial charge is 0.383 e. The van der Waals surface area contributed by atoms with Gasteiger partial charge in [-0.3, -0.25) is 0 Å². The topological polar surface area (TPSA) is 63.8 Å². The molecule has 3 N–H and O–H groups in total. The van der Waals surface area contributed by atoms with Crippen LogP contribution < -0.4 is 11.1 Å². The predicted molar refractivity (Wildman–Crippen MR) is 50.3 cm³/mol. The lowest BCUT2D eigenvalue weighted by molar-refractivity contribution is 0.142. The van der Waals surface area contributed by atoms with Gasteiger partial charge in [0, 0.05) is 18.5 Å². The summed E-state index contributed by atoms with van der Waals surface area (Å²) in [6, 6.07) is 0. The first-order chi connectivity index (χ1) is 6.61. The SMILES string of the molecule is Cc1c(N)ncnc1NCCC(F)F. The van der Waals surface area contributed by atoms with Crippen LogP contribution in [0.25, 0.3) is 0 Å². The summed E-state index contributed by atoms with van der Waals surface area (Å²) in [5.74, 6) is 0.873. The highest BCUT2D eigenvalue weighted by atomic mass is 19.3. The Bertz CT molecular complexity index is 303. The average Bonchev–Trinajstić information content (AvgIpc) is 2.12. The number of aromatic nitrogens is 2. The van der Waals surface area contributed by atoms with Gasteiger partial charge in [-0.25, -0.2) is 18.7 Å². The van der Waals surface area contributed by atoms with E-state index < -0.39 is 6.43 Å². The van der Waals surface area contributed by atoms with Crippen molar-refractivity contribution in [2.45, 2.75) is 19.8 Å². The lowest BCUT2D eigenvalue weighted by Gasteiger charge is -2.08. The summed E-state index contributed by atoms with van der Waals surface area (Å²) in [6.45, 7) is 1.91. The molecule has 1 aromatic rings. The monoisotopic (exact) mass is 202 g/mol. The number of nitrogens with two attached hydrogens (primary N) is 1. The van der Waals surface area contributed by atoms with Crippen LogP contribution in [0.2, 0.25) is 0 Å². The molecule has 0 saturated carbocycles. The minimum Gasteiger partial charge on any atom is -0.383 e. The summed E-state index contributed by atoms with van der Waals surface area (Å²) < 4.78 is 23.6. The normalized spacial score (nSPS) is 10.6. The van der Waals surface area contributed by atoms with Crippen LogP contribution in [-0.2, 0) is 0 Å². The third-order valence-electron chi connectivity index (χ3n) is 1.78. The number of nitrogens with zero attached hydrogens (tertiary/aromatic N) is 2. The Morgan fingerprint density at radius 3 is 2.86 bits per heavy atom. The molecule has 0 fully saturated rings. The fourth-order valence-corrected chi connectivity index (χ4v) is 0.942. The van der Waals surface area contributed by atoms with Crippen molar-refractivity contribution in [1.82, 2.24) is 9.97 Å². The number of alkyl halides is 2. The Morgan fingerprint density at radius 2 is 2.21 bits per heavy atom. The summed E-state index contributed by atoms with van der Waals surface area (Å²) in [4.78, 5) is 7.65. The number of anilines is 2. The molecule has 4 nitrogen and oxygen atoms in total. The first-order valence-corrected chi connectivity index (χ1v) is 4.20. The fraction of sp³-hybridized carbons (Fsp3) is 0.500. The molecule has 1 heterocycles. The number of rotatable bonds is 4. The quantitative estimate of drug-likeness (QED) is 0.775. The van der Waals surface area contributed by atoms with Gasteiger partial charge in [-0.2, -0.15) is 0 Å². The van der Waals surface area contributed by atoms with Crippen LogP contribution >= 0.6 is 0 Å². The van der Waals surface area contributed by atoms with Crippen molar-refractivity contribution in [2.24, 2.45) is 0 Å². The fourth-order valence-electron chi connectivity index (χ4n) is 0.942. The van der Waals surface area contributed by atoms with Gasteiger partial charge < -0.3 is 11.1 Å². The van der Waals surface area contributed by atoms with E-state index >= 15 is 0 Å². The van der Waals surface area contributed by atoms with Gasteiger partial charge in [-0.1, -0.05) is 0 Å². The number of hydrogen-bond acceptors (Lipinski definition) is 4. The lowest BCUT2D eigenvalue weighted by Crippen LogP contribution is -2.10. The predicted octanol–water partition coefficient (Wildman–Crippen LogP) is 1.43. The summed E-state index contributed by atoms with van der Waals surface area (Å²) in [5, 5.41) is 2.77. The van der Waals surface area contributed by atoms with Gasteiger partial charge >= 0.3 is 0 Å². The molecule has 0 unspecified atom stereocenters. The van der Waals surface area contributed by atoms with Crippen molar-refractivity contribution in [3.8, 4) is 0 Å². The highest BCUT2D eigenvalue weighted by molar-refractivity contribution is 5.53. The van der Waals surface area contributed by atoms with Gasteiger partial charge in [0.05, 0.1) is 0 Å². The van der Waals surface area contributed by atoms with Crippen molar-refractivity contribution in [3.05, 3.63) is 11.9 Å². The third kappa shape index (κ3) is 2.79. The molecule has 0 spiro atoms. The number of hydrogen-bond donors (Lipinski definition) is 2. The molecule has 0 amide bonds. The van der Waals surface area contributed by atoms with Crippen LogP contribution in [0.1, 0.15) is 12.0 Å². The van der Waals surface area contributed by atoms with Crippen molar-refractivity contribution < 1.29 is 8.78 Å². The van der Waals surface area contributed by atoms with E-state index in [1.807, 2.05) is 0 Å². The second kappa shape index (κ2) is 4.69. The third-order valence-corrected chi connectivity index (χ3v) is 1.78. The molecule has 0 atom stereocenters. The van der Waals surface area contributed by atoms with Crippen LogP contribution in [0.3, 0.4) is 0 Å².